The van der Waals surface area contributed by atoms with Crippen LogP contribution in [0.5, 0.6) is 0 Å². The molecule has 8 heavy (non-hydrogen) atoms. The van der Waals surface area contributed by atoms with Crippen LogP contribution in [0.25, 0.3) is 0 Å². The van der Waals surface area contributed by atoms with Gasteiger partial charge in [-0.3, -0.25) is 4.79 Å². The lowest BCUT2D eigenvalue weighted by Crippen LogP contribution is -1.99. The molecule has 0 bridgehead atoms. The quantitative estimate of drug-likeness (QED) is 0.503. The molecule has 1 heteroatoms. The van der Waals surface area contributed by atoms with Crippen molar-refractivity contribution in [3.05, 3.63) is 0 Å². The summed E-state index contributed by atoms with van der Waals surface area (Å²) in [5, 5.41) is 0. The summed E-state index contributed by atoms with van der Waals surface area (Å²) < 4.78 is 0. The molecular weight excluding hydrogens is 100 g/mol. The second-order valence-electron chi connectivity index (χ2n) is 3.36. The highest BCUT2D eigenvalue weighted by molar-refractivity contribution is 5.81. The lowest BCUT2D eigenvalue weighted by atomic mass is 10.1. The van der Waals surface area contributed by atoms with Crippen molar-refractivity contribution >= 4 is 5.78 Å². The van der Waals surface area contributed by atoms with E-state index in [0.717, 1.165) is 6.42 Å². The highest BCUT2D eigenvalue weighted by Gasteiger charge is 2.48. The molecule has 0 heterocycles. The molecule has 46 valence electrons. The second-order valence-corrected chi connectivity index (χ2v) is 3.36. The van der Waals surface area contributed by atoms with Gasteiger partial charge in [-0.15, -0.1) is 0 Å². The van der Waals surface area contributed by atoms with E-state index in [-0.39, 0.29) is 0 Å². The molecule has 0 aromatic carbocycles. The van der Waals surface area contributed by atoms with Gasteiger partial charge in [-0.25, -0.2) is 0 Å². The predicted octanol–water partition coefficient (Wildman–Crippen LogP) is 1.62. The molecule has 0 spiro atoms. The van der Waals surface area contributed by atoms with Crippen molar-refractivity contribution in [3.63, 3.8) is 0 Å². The zero-order valence-electron chi connectivity index (χ0n) is 5.69. The van der Waals surface area contributed by atoms with E-state index in [1.54, 1.807) is 6.92 Å². The molecule has 1 aliphatic rings. The van der Waals surface area contributed by atoms with Crippen molar-refractivity contribution in [1.82, 2.24) is 0 Å². The van der Waals surface area contributed by atoms with Crippen LogP contribution >= 0.6 is 0 Å². The number of carbonyl (C=O) groups excluding carboxylic acids is 1. The average Bonchev–Trinajstić information content (AvgIpc) is 2.13. The largest absolute Gasteiger partial charge is 0.300 e. The summed E-state index contributed by atoms with van der Waals surface area (Å²) >= 11 is 0. The first-order chi connectivity index (χ1) is 3.54. The molecule has 1 atom stereocenters. The maximum absolute atomic E-state index is 10.6. The third-order valence-corrected chi connectivity index (χ3v) is 2.00. The Morgan fingerprint density at radius 1 is 1.62 bits per heavy atom. The van der Waals surface area contributed by atoms with Crippen molar-refractivity contribution in [2.75, 3.05) is 0 Å². The zero-order valence-corrected chi connectivity index (χ0v) is 5.69. The van der Waals surface area contributed by atoms with Gasteiger partial charge in [-0.05, 0) is 18.8 Å². The number of hydrogen-bond acceptors (Lipinski definition) is 1. The van der Waals surface area contributed by atoms with Crippen LogP contribution < -0.4 is 0 Å². The molecule has 1 saturated carbocycles. The van der Waals surface area contributed by atoms with E-state index in [4.69, 9.17) is 0 Å². The SMILES string of the molecule is CC(=O)C1CC1(C)C. The van der Waals surface area contributed by atoms with E-state index >= 15 is 0 Å². The number of Topliss-reactive ketones (excluding diaryl/α,β-unsaturated/α-hetero) is 1. The normalized spacial score (nSPS) is 32.1. The van der Waals surface area contributed by atoms with Gasteiger partial charge >= 0.3 is 0 Å². The second kappa shape index (κ2) is 1.34. The minimum atomic E-state index is 0.339. The lowest BCUT2D eigenvalue weighted by molar-refractivity contribution is -0.118. The van der Waals surface area contributed by atoms with Crippen LogP contribution in [0.15, 0.2) is 0 Å². The molecule has 0 amide bonds. The van der Waals surface area contributed by atoms with E-state index < -0.39 is 0 Å². The Bertz CT molecular complexity index is 124. The van der Waals surface area contributed by atoms with E-state index in [0.29, 0.717) is 17.1 Å². The predicted molar refractivity (Wildman–Crippen MR) is 32.6 cm³/mol. The number of hydrogen-bond donors (Lipinski definition) is 0. The first-order valence-corrected chi connectivity index (χ1v) is 3.04. The van der Waals surface area contributed by atoms with E-state index in [9.17, 15) is 4.79 Å². The van der Waals surface area contributed by atoms with E-state index in [2.05, 4.69) is 13.8 Å². The van der Waals surface area contributed by atoms with Crippen LogP contribution in [-0.4, -0.2) is 5.78 Å². The van der Waals surface area contributed by atoms with Crippen LogP contribution in [0.3, 0.4) is 0 Å². The lowest BCUT2D eigenvalue weighted by Gasteiger charge is -1.95. The van der Waals surface area contributed by atoms with E-state index in [1.807, 2.05) is 0 Å². The minimum Gasteiger partial charge on any atom is -0.300 e. The molecule has 1 nitrogen and oxygen atoms in total. The molecule has 1 unspecified atom stereocenters. The monoisotopic (exact) mass is 112 g/mol. The van der Waals surface area contributed by atoms with Crippen LogP contribution in [0.2, 0.25) is 0 Å². The molecule has 0 radical (unpaired) electrons. The van der Waals surface area contributed by atoms with Crippen LogP contribution in [0.1, 0.15) is 27.2 Å². The molecule has 1 aliphatic carbocycles. The molecule has 1 fully saturated rings. The summed E-state index contributed by atoms with van der Waals surface area (Å²) in [7, 11) is 0. The molecule has 0 N–H and O–H groups in total. The van der Waals surface area contributed by atoms with Gasteiger partial charge in [0.25, 0.3) is 0 Å². The van der Waals surface area contributed by atoms with Gasteiger partial charge in [0.15, 0.2) is 0 Å². The Balaban J connectivity index is 2.48. The fraction of sp³-hybridized carbons (Fsp3) is 0.857. The first-order valence-electron chi connectivity index (χ1n) is 3.04. The molecule has 1 rings (SSSR count). The maximum Gasteiger partial charge on any atom is 0.133 e. The fourth-order valence-corrected chi connectivity index (χ4v) is 1.16. The molecule has 0 saturated heterocycles. The van der Waals surface area contributed by atoms with Gasteiger partial charge in [0.2, 0.25) is 0 Å². The van der Waals surface area contributed by atoms with Crippen LogP contribution in [0.4, 0.5) is 0 Å². The standard InChI is InChI=1S/C7H12O/c1-5(8)6-4-7(6,2)3/h6H,4H2,1-3H3. The molecular formula is C7H12O. The molecule has 0 aromatic rings. The zero-order chi connectivity index (χ0) is 6.36. The fourth-order valence-electron chi connectivity index (χ4n) is 1.16. The van der Waals surface area contributed by atoms with Crippen molar-refractivity contribution in [2.24, 2.45) is 11.3 Å². The number of ketones is 1. The third kappa shape index (κ3) is 0.770. The Morgan fingerprint density at radius 3 is 2.00 bits per heavy atom. The van der Waals surface area contributed by atoms with Gasteiger partial charge in [0.05, 0.1) is 0 Å². The summed E-state index contributed by atoms with van der Waals surface area (Å²) in [6, 6.07) is 0. The smallest absolute Gasteiger partial charge is 0.133 e. The van der Waals surface area contributed by atoms with Gasteiger partial charge < -0.3 is 0 Å². The van der Waals surface area contributed by atoms with Crippen molar-refractivity contribution in [3.8, 4) is 0 Å². The molecule has 0 aliphatic heterocycles. The summed E-state index contributed by atoms with van der Waals surface area (Å²) in [6.45, 7) is 5.96. The highest BCUT2D eigenvalue weighted by Crippen LogP contribution is 2.51. The topological polar surface area (TPSA) is 17.1 Å². The Kier molecular flexibility index (Phi) is 0.969. The third-order valence-electron chi connectivity index (χ3n) is 2.00. The Morgan fingerprint density at radius 2 is 2.00 bits per heavy atom. The summed E-state index contributed by atoms with van der Waals surface area (Å²) in [4.78, 5) is 10.6. The Labute approximate surface area is 50.1 Å². The van der Waals surface area contributed by atoms with Crippen LogP contribution in [0, 0.1) is 11.3 Å². The van der Waals surface area contributed by atoms with Crippen molar-refractivity contribution < 1.29 is 4.79 Å². The highest BCUT2D eigenvalue weighted by atomic mass is 16.1. The van der Waals surface area contributed by atoms with E-state index in [1.165, 1.54) is 0 Å². The molecule has 0 aromatic heterocycles. The van der Waals surface area contributed by atoms with Gasteiger partial charge in [-0.1, -0.05) is 13.8 Å². The minimum absolute atomic E-state index is 0.339. The van der Waals surface area contributed by atoms with Crippen molar-refractivity contribution in [1.29, 1.82) is 0 Å². The number of rotatable bonds is 1. The van der Waals surface area contributed by atoms with Crippen LogP contribution in [-0.2, 0) is 4.79 Å². The number of carbonyl (C=O) groups is 1. The van der Waals surface area contributed by atoms with Gasteiger partial charge in [-0.2, -0.15) is 0 Å². The summed E-state index contributed by atoms with van der Waals surface area (Å²) in [6.07, 6.45) is 1.10. The maximum atomic E-state index is 10.6. The Hall–Kier alpha value is -0.330. The van der Waals surface area contributed by atoms with Crippen molar-refractivity contribution in [2.45, 2.75) is 27.2 Å². The summed E-state index contributed by atoms with van der Waals surface area (Å²) in [5.41, 5.74) is 0.339. The average molecular weight is 112 g/mol. The van der Waals surface area contributed by atoms with Gasteiger partial charge in [0, 0.05) is 5.92 Å². The summed E-state index contributed by atoms with van der Waals surface area (Å²) in [5.74, 6) is 0.734. The first kappa shape index (κ1) is 5.80. The van der Waals surface area contributed by atoms with Gasteiger partial charge in [0.1, 0.15) is 5.78 Å².